The van der Waals surface area contributed by atoms with Gasteiger partial charge in [-0.05, 0) is 32.6 Å². The Balaban J connectivity index is 1.79. The number of rotatable bonds is 5. The van der Waals surface area contributed by atoms with Crippen molar-refractivity contribution in [3.8, 4) is 0 Å². The summed E-state index contributed by atoms with van der Waals surface area (Å²) in [5, 5.41) is 3.34. The zero-order chi connectivity index (χ0) is 13.8. The van der Waals surface area contributed by atoms with Crippen LogP contribution < -0.4 is 5.32 Å². The first-order valence-corrected chi connectivity index (χ1v) is 8.08. The maximum Gasteiger partial charge on any atom is 0.133 e. The SMILES string of the molecule is CCNc1cc(C2CCCC2)nc(CC2CCCO2)n1. The fourth-order valence-electron chi connectivity index (χ4n) is 3.32. The van der Waals surface area contributed by atoms with E-state index in [1.807, 2.05) is 0 Å². The van der Waals surface area contributed by atoms with Gasteiger partial charge in [0, 0.05) is 37.3 Å². The molecule has 1 N–H and O–H groups in total. The molecule has 0 bridgehead atoms. The van der Waals surface area contributed by atoms with E-state index in [-0.39, 0.29) is 0 Å². The second-order valence-electron chi connectivity index (χ2n) is 5.95. The Morgan fingerprint density at radius 3 is 2.75 bits per heavy atom. The Morgan fingerprint density at radius 2 is 2.05 bits per heavy atom. The highest BCUT2D eigenvalue weighted by Crippen LogP contribution is 2.33. The zero-order valence-corrected chi connectivity index (χ0v) is 12.4. The molecule has 1 aromatic heterocycles. The predicted molar refractivity (Wildman–Crippen MR) is 80.1 cm³/mol. The lowest BCUT2D eigenvalue weighted by molar-refractivity contribution is 0.110. The standard InChI is InChI=1S/C16H25N3O/c1-2-17-15-11-14(12-6-3-4-7-12)18-16(19-15)10-13-8-5-9-20-13/h11-13H,2-10H2,1H3,(H,17,18,19). The number of hydrogen-bond donors (Lipinski definition) is 1. The Bertz CT molecular complexity index is 437. The molecule has 0 radical (unpaired) electrons. The largest absolute Gasteiger partial charge is 0.378 e. The van der Waals surface area contributed by atoms with Crippen molar-refractivity contribution in [1.82, 2.24) is 9.97 Å². The highest BCUT2D eigenvalue weighted by molar-refractivity contribution is 5.37. The third kappa shape index (κ3) is 3.29. The van der Waals surface area contributed by atoms with Crippen LogP contribution in [0.3, 0.4) is 0 Å². The highest BCUT2D eigenvalue weighted by Gasteiger charge is 2.22. The minimum Gasteiger partial charge on any atom is -0.378 e. The topological polar surface area (TPSA) is 47.0 Å². The Labute approximate surface area is 121 Å². The van der Waals surface area contributed by atoms with Gasteiger partial charge >= 0.3 is 0 Å². The van der Waals surface area contributed by atoms with Crippen molar-refractivity contribution in [3.05, 3.63) is 17.6 Å². The van der Waals surface area contributed by atoms with Gasteiger partial charge in [0.25, 0.3) is 0 Å². The first kappa shape index (κ1) is 13.8. The van der Waals surface area contributed by atoms with E-state index in [0.29, 0.717) is 12.0 Å². The van der Waals surface area contributed by atoms with Gasteiger partial charge in [-0.25, -0.2) is 9.97 Å². The van der Waals surface area contributed by atoms with E-state index in [4.69, 9.17) is 9.72 Å². The molecule has 2 aliphatic rings. The van der Waals surface area contributed by atoms with E-state index in [1.165, 1.54) is 37.8 Å². The van der Waals surface area contributed by atoms with Gasteiger partial charge in [-0.15, -0.1) is 0 Å². The van der Waals surface area contributed by atoms with Crippen LogP contribution in [-0.2, 0) is 11.2 Å². The molecule has 0 spiro atoms. The molecule has 1 aromatic rings. The first-order valence-electron chi connectivity index (χ1n) is 8.08. The van der Waals surface area contributed by atoms with Crippen molar-refractivity contribution in [2.24, 2.45) is 0 Å². The number of nitrogens with one attached hydrogen (secondary N) is 1. The minimum absolute atomic E-state index is 0.323. The lowest BCUT2D eigenvalue weighted by Crippen LogP contribution is -2.14. The van der Waals surface area contributed by atoms with Crippen LogP contribution in [0.25, 0.3) is 0 Å². The summed E-state index contributed by atoms with van der Waals surface area (Å²) in [4.78, 5) is 9.49. The van der Waals surface area contributed by atoms with Crippen LogP contribution in [0.4, 0.5) is 5.82 Å². The van der Waals surface area contributed by atoms with Gasteiger partial charge in [0.1, 0.15) is 11.6 Å². The van der Waals surface area contributed by atoms with Crippen molar-refractivity contribution in [2.45, 2.75) is 63.9 Å². The molecule has 3 rings (SSSR count). The molecule has 2 fully saturated rings. The number of anilines is 1. The van der Waals surface area contributed by atoms with Crippen molar-refractivity contribution in [1.29, 1.82) is 0 Å². The molecule has 1 saturated carbocycles. The van der Waals surface area contributed by atoms with Crippen molar-refractivity contribution < 1.29 is 4.74 Å². The fraction of sp³-hybridized carbons (Fsp3) is 0.750. The molecule has 20 heavy (non-hydrogen) atoms. The van der Waals surface area contributed by atoms with Crippen LogP contribution in [0.15, 0.2) is 6.07 Å². The molecular weight excluding hydrogens is 250 g/mol. The van der Waals surface area contributed by atoms with E-state index in [2.05, 4.69) is 23.3 Å². The van der Waals surface area contributed by atoms with Gasteiger partial charge in [-0.2, -0.15) is 0 Å². The van der Waals surface area contributed by atoms with Gasteiger partial charge in [0.05, 0.1) is 6.10 Å². The van der Waals surface area contributed by atoms with Crippen LogP contribution in [0.1, 0.15) is 62.9 Å². The quantitative estimate of drug-likeness (QED) is 0.895. The van der Waals surface area contributed by atoms with Gasteiger partial charge in [-0.1, -0.05) is 12.8 Å². The maximum atomic E-state index is 5.72. The normalized spacial score (nSPS) is 23.4. The van der Waals surface area contributed by atoms with Crippen LogP contribution in [0.5, 0.6) is 0 Å². The summed E-state index contributed by atoms with van der Waals surface area (Å²) in [6.07, 6.45) is 8.74. The average Bonchev–Trinajstić information content (AvgIpc) is 3.11. The summed E-state index contributed by atoms with van der Waals surface area (Å²) >= 11 is 0. The van der Waals surface area contributed by atoms with E-state index < -0.39 is 0 Å². The molecule has 110 valence electrons. The number of hydrogen-bond acceptors (Lipinski definition) is 4. The van der Waals surface area contributed by atoms with Gasteiger partial charge in [-0.3, -0.25) is 0 Å². The van der Waals surface area contributed by atoms with Gasteiger partial charge in [0.15, 0.2) is 0 Å². The molecule has 0 amide bonds. The lowest BCUT2D eigenvalue weighted by atomic mass is 10.0. The second kappa shape index (κ2) is 6.53. The van der Waals surface area contributed by atoms with E-state index in [0.717, 1.165) is 37.6 Å². The summed E-state index contributed by atoms with van der Waals surface area (Å²) in [7, 11) is 0. The van der Waals surface area contributed by atoms with Gasteiger partial charge < -0.3 is 10.1 Å². The van der Waals surface area contributed by atoms with E-state index in [1.54, 1.807) is 0 Å². The molecule has 4 heteroatoms. The Kier molecular flexibility index (Phi) is 4.51. The van der Waals surface area contributed by atoms with Crippen LogP contribution in [-0.4, -0.2) is 29.2 Å². The van der Waals surface area contributed by atoms with Gasteiger partial charge in [0.2, 0.25) is 0 Å². The fourth-order valence-corrected chi connectivity index (χ4v) is 3.32. The minimum atomic E-state index is 0.323. The van der Waals surface area contributed by atoms with E-state index >= 15 is 0 Å². The molecule has 1 unspecified atom stereocenters. The molecule has 0 aromatic carbocycles. The third-order valence-corrected chi connectivity index (χ3v) is 4.36. The highest BCUT2D eigenvalue weighted by atomic mass is 16.5. The second-order valence-corrected chi connectivity index (χ2v) is 5.95. The molecule has 1 aliphatic heterocycles. The monoisotopic (exact) mass is 275 g/mol. The summed E-state index contributed by atoms with van der Waals surface area (Å²) in [6.45, 7) is 3.91. The first-order chi connectivity index (χ1) is 9.85. The average molecular weight is 275 g/mol. The molecular formula is C16H25N3O. The zero-order valence-electron chi connectivity index (χ0n) is 12.4. The molecule has 1 saturated heterocycles. The molecule has 4 nitrogen and oxygen atoms in total. The summed E-state index contributed by atoms with van der Waals surface area (Å²) < 4.78 is 5.72. The Hall–Kier alpha value is -1.16. The smallest absolute Gasteiger partial charge is 0.133 e. The third-order valence-electron chi connectivity index (χ3n) is 4.36. The molecule has 2 heterocycles. The van der Waals surface area contributed by atoms with Crippen LogP contribution >= 0.6 is 0 Å². The Morgan fingerprint density at radius 1 is 1.20 bits per heavy atom. The van der Waals surface area contributed by atoms with Crippen molar-refractivity contribution in [2.75, 3.05) is 18.5 Å². The number of ether oxygens (including phenoxy) is 1. The number of nitrogens with zero attached hydrogens (tertiary/aromatic N) is 2. The van der Waals surface area contributed by atoms with Crippen molar-refractivity contribution >= 4 is 5.82 Å². The molecule has 1 aliphatic carbocycles. The van der Waals surface area contributed by atoms with Crippen molar-refractivity contribution in [3.63, 3.8) is 0 Å². The number of aromatic nitrogens is 2. The maximum absolute atomic E-state index is 5.72. The summed E-state index contributed by atoms with van der Waals surface area (Å²) in [6, 6.07) is 2.15. The van der Waals surface area contributed by atoms with Crippen LogP contribution in [0, 0.1) is 0 Å². The van der Waals surface area contributed by atoms with E-state index in [9.17, 15) is 0 Å². The molecule has 1 atom stereocenters. The lowest BCUT2D eigenvalue weighted by Gasteiger charge is -2.14. The summed E-state index contributed by atoms with van der Waals surface area (Å²) in [5.74, 6) is 2.58. The summed E-state index contributed by atoms with van der Waals surface area (Å²) in [5.41, 5.74) is 1.24. The van der Waals surface area contributed by atoms with Crippen LogP contribution in [0.2, 0.25) is 0 Å². The predicted octanol–water partition coefficient (Wildman–Crippen LogP) is 3.29.